The summed E-state index contributed by atoms with van der Waals surface area (Å²) < 4.78 is 4.71. The molecule has 0 radical (unpaired) electrons. The minimum Gasteiger partial charge on any atom is -0.465 e. The van der Waals surface area contributed by atoms with E-state index < -0.39 is 6.10 Å². The zero-order chi connectivity index (χ0) is 19.8. The Morgan fingerprint density at radius 2 is 1.78 bits per heavy atom. The fraction of sp³-hybridized carbons (Fsp3) is 0.435. The molecular formula is C23H26O3S. The van der Waals surface area contributed by atoms with Gasteiger partial charge in [0, 0.05) is 0 Å². The predicted molar refractivity (Wildman–Crippen MR) is 109 cm³/mol. The summed E-state index contributed by atoms with van der Waals surface area (Å²) in [7, 11) is 1.36. The van der Waals surface area contributed by atoms with Crippen LogP contribution in [0.1, 0.15) is 77.9 Å². The van der Waals surface area contributed by atoms with Crippen LogP contribution in [0.15, 0.2) is 30.3 Å². The molecule has 1 aliphatic rings. The van der Waals surface area contributed by atoms with Gasteiger partial charge in [0.25, 0.3) is 0 Å². The Balaban J connectivity index is 1.88. The maximum atomic E-state index is 11.5. The molecule has 1 aromatic carbocycles. The van der Waals surface area contributed by atoms with E-state index in [4.69, 9.17) is 4.74 Å². The van der Waals surface area contributed by atoms with Crippen LogP contribution in [0.2, 0.25) is 0 Å². The summed E-state index contributed by atoms with van der Waals surface area (Å²) in [5.74, 6) is 5.51. The molecule has 0 saturated carbocycles. The van der Waals surface area contributed by atoms with Gasteiger partial charge < -0.3 is 9.84 Å². The minimum atomic E-state index is -0.861. The highest BCUT2D eigenvalue weighted by atomic mass is 32.1. The van der Waals surface area contributed by atoms with E-state index in [0.29, 0.717) is 4.88 Å². The van der Waals surface area contributed by atoms with Crippen LogP contribution in [0.5, 0.6) is 0 Å². The second kappa shape index (κ2) is 7.14. The summed E-state index contributed by atoms with van der Waals surface area (Å²) in [4.78, 5) is 12.8. The van der Waals surface area contributed by atoms with E-state index in [1.54, 1.807) is 12.1 Å². The number of aliphatic hydroxyl groups excluding tert-OH is 1. The first-order valence-corrected chi connectivity index (χ1v) is 9.98. The monoisotopic (exact) mass is 382 g/mol. The number of aliphatic hydroxyl groups is 1. The van der Waals surface area contributed by atoms with Gasteiger partial charge in [-0.3, -0.25) is 0 Å². The van der Waals surface area contributed by atoms with Crippen LogP contribution in [-0.4, -0.2) is 18.2 Å². The lowest BCUT2D eigenvalue weighted by Gasteiger charge is -2.42. The number of esters is 1. The number of thiophene rings is 1. The molecule has 0 bridgehead atoms. The molecule has 1 heterocycles. The van der Waals surface area contributed by atoms with Gasteiger partial charge in [-0.05, 0) is 52.5 Å². The van der Waals surface area contributed by atoms with E-state index in [0.717, 1.165) is 23.3 Å². The summed E-state index contributed by atoms with van der Waals surface area (Å²) >= 11 is 1.27. The molecule has 1 N–H and O–H groups in total. The number of hydrogen-bond donors (Lipinski definition) is 1. The average Bonchev–Trinajstić information content (AvgIpc) is 3.11. The molecule has 0 spiro atoms. The van der Waals surface area contributed by atoms with E-state index in [9.17, 15) is 9.90 Å². The molecule has 1 atom stereocenters. The molecular weight excluding hydrogens is 356 g/mol. The SMILES string of the molecule is COC(=O)c1ccc(C#CC(O)c2ccc3c(c2)C(C)(C)CCC3(C)C)s1. The topological polar surface area (TPSA) is 46.5 Å². The van der Waals surface area contributed by atoms with E-state index in [1.165, 1.54) is 29.6 Å². The Hall–Kier alpha value is -2.09. The van der Waals surface area contributed by atoms with Crippen LogP contribution < -0.4 is 0 Å². The molecule has 0 saturated heterocycles. The zero-order valence-electron chi connectivity index (χ0n) is 16.6. The van der Waals surface area contributed by atoms with Crippen molar-refractivity contribution in [2.24, 2.45) is 0 Å². The number of methoxy groups -OCH3 is 1. The van der Waals surface area contributed by atoms with Crippen LogP contribution in [0.3, 0.4) is 0 Å². The normalized spacial score (nSPS) is 18.0. The molecule has 2 aromatic rings. The average molecular weight is 383 g/mol. The maximum Gasteiger partial charge on any atom is 0.348 e. The van der Waals surface area contributed by atoms with Gasteiger partial charge in [0.05, 0.1) is 12.0 Å². The molecule has 0 amide bonds. The molecule has 142 valence electrons. The molecule has 1 aliphatic carbocycles. The second-order valence-corrected chi connectivity index (χ2v) is 9.48. The van der Waals surface area contributed by atoms with Gasteiger partial charge in [-0.2, -0.15) is 0 Å². The van der Waals surface area contributed by atoms with E-state index in [-0.39, 0.29) is 16.8 Å². The van der Waals surface area contributed by atoms with Crippen molar-refractivity contribution in [3.63, 3.8) is 0 Å². The number of fused-ring (bicyclic) bond motifs is 1. The minimum absolute atomic E-state index is 0.0944. The molecule has 27 heavy (non-hydrogen) atoms. The molecule has 1 aromatic heterocycles. The first-order valence-electron chi connectivity index (χ1n) is 9.17. The third kappa shape index (κ3) is 3.95. The number of carbonyl (C=O) groups excluding carboxylic acids is 1. The highest BCUT2D eigenvalue weighted by Crippen LogP contribution is 2.46. The van der Waals surface area contributed by atoms with Crippen LogP contribution >= 0.6 is 11.3 Å². The van der Waals surface area contributed by atoms with E-state index in [1.807, 2.05) is 6.07 Å². The lowest BCUT2D eigenvalue weighted by atomic mass is 9.63. The van der Waals surface area contributed by atoms with Crippen molar-refractivity contribution < 1.29 is 14.6 Å². The quantitative estimate of drug-likeness (QED) is 0.589. The van der Waals surface area contributed by atoms with Gasteiger partial charge in [-0.15, -0.1) is 11.3 Å². The summed E-state index contributed by atoms with van der Waals surface area (Å²) in [6, 6.07) is 9.71. The maximum absolute atomic E-state index is 11.5. The highest BCUT2D eigenvalue weighted by molar-refractivity contribution is 7.14. The fourth-order valence-corrected chi connectivity index (χ4v) is 4.40. The third-order valence-corrected chi connectivity index (χ3v) is 6.50. The van der Waals surface area contributed by atoms with Crippen LogP contribution in [-0.2, 0) is 15.6 Å². The van der Waals surface area contributed by atoms with Gasteiger partial charge in [0.2, 0.25) is 0 Å². The molecule has 3 nitrogen and oxygen atoms in total. The number of rotatable bonds is 2. The van der Waals surface area contributed by atoms with Crippen molar-refractivity contribution in [1.82, 2.24) is 0 Å². The zero-order valence-corrected chi connectivity index (χ0v) is 17.4. The van der Waals surface area contributed by atoms with Crippen molar-refractivity contribution in [3.05, 3.63) is 56.8 Å². The fourth-order valence-electron chi connectivity index (χ4n) is 3.61. The van der Waals surface area contributed by atoms with Gasteiger partial charge >= 0.3 is 5.97 Å². The van der Waals surface area contributed by atoms with Crippen molar-refractivity contribution in [3.8, 4) is 11.8 Å². The van der Waals surface area contributed by atoms with Crippen molar-refractivity contribution in [2.45, 2.75) is 57.5 Å². The lowest BCUT2D eigenvalue weighted by Crippen LogP contribution is -2.34. The second-order valence-electron chi connectivity index (χ2n) is 8.40. The summed E-state index contributed by atoms with van der Waals surface area (Å²) in [6.45, 7) is 9.10. The molecule has 0 fully saturated rings. The summed E-state index contributed by atoms with van der Waals surface area (Å²) in [5, 5.41) is 10.6. The predicted octanol–water partition coefficient (Wildman–Crippen LogP) is 4.97. The first-order chi connectivity index (χ1) is 12.6. The summed E-state index contributed by atoms with van der Waals surface area (Å²) in [5.41, 5.74) is 3.74. The number of hydrogen-bond acceptors (Lipinski definition) is 4. The number of carbonyl (C=O) groups is 1. The lowest BCUT2D eigenvalue weighted by molar-refractivity contribution is 0.0606. The smallest absolute Gasteiger partial charge is 0.348 e. The van der Waals surface area contributed by atoms with Crippen LogP contribution in [0.4, 0.5) is 0 Å². The van der Waals surface area contributed by atoms with E-state index >= 15 is 0 Å². The number of benzene rings is 1. The van der Waals surface area contributed by atoms with Crippen molar-refractivity contribution in [1.29, 1.82) is 0 Å². The number of ether oxygens (including phenoxy) is 1. The van der Waals surface area contributed by atoms with Gasteiger partial charge in [-0.25, -0.2) is 4.79 Å². The molecule has 4 heteroatoms. The van der Waals surface area contributed by atoms with Crippen molar-refractivity contribution >= 4 is 17.3 Å². The Bertz CT molecular complexity index is 925. The van der Waals surface area contributed by atoms with Crippen LogP contribution in [0, 0.1) is 11.8 Å². The Morgan fingerprint density at radius 1 is 1.11 bits per heavy atom. The molecule has 0 aliphatic heterocycles. The molecule has 3 rings (SSSR count). The molecule has 1 unspecified atom stereocenters. The van der Waals surface area contributed by atoms with Gasteiger partial charge in [0.1, 0.15) is 11.0 Å². The van der Waals surface area contributed by atoms with Crippen LogP contribution in [0.25, 0.3) is 0 Å². The van der Waals surface area contributed by atoms with E-state index in [2.05, 4.69) is 51.7 Å². The van der Waals surface area contributed by atoms with Gasteiger partial charge in [0.15, 0.2) is 0 Å². The third-order valence-electron chi connectivity index (χ3n) is 5.52. The van der Waals surface area contributed by atoms with Gasteiger partial charge in [-0.1, -0.05) is 57.7 Å². The Labute approximate surface area is 165 Å². The Kier molecular flexibility index (Phi) is 5.20. The standard InChI is InChI=1S/C23H26O3S/c1-22(2)12-13-23(3,4)18-14-15(6-9-17(18)22)19(24)10-7-16-8-11-20(27-16)21(25)26-5/h6,8-9,11,14,19,24H,12-13H2,1-5H3. The Morgan fingerprint density at radius 3 is 2.44 bits per heavy atom. The largest absolute Gasteiger partial charge is 0.465 e. The summed E-state index contributed by atoms with van der Waals surface area (Å²) in [6.07, 6.45) is 1.43. The highest BCUT2D eigenvalue weighted by Gasteiger charge is 2.37. The first kappa shape index (κ1) is 19.7. The van der Waals surface area contributed by atoms with Crippen molar-refractivity contribution in [2.75, 3.05) is 7.11 Å².